The molecule has 1 N–H and O–H groups in total. The second kappa shape index (κ2) is 5.62. The highest BCUT2D eigenvalue weighted by atomic mass is 79.9. The molecule has 20 heavy (non-hydrogen) atoms. The minimum absolute atomic E-state index is 0.0134. The number of nitrogens with zero attached hydrogens (tertiary/aromatic N) is 1. The van der Waals surface area contributed by atoms with E-state index in [1.165, 1.54) is 18.1 Å². The van der Waals surface area contributed by atoms with E-state index in [1.54, 1.807) is 12.1 Å². The molecule has 7 heteroatoms. The normalized spacial score (nSPS) is 18.2. The number of hydrogen-bond donors (Lipinski definition) is 1. The van der Waals surface area contributed by atoms with E-state index in [2.05, 4.69) is 20.7 Å². The van der Waals surface area contributed by atoms with Gasteiger partial charge in [0.1, 0.15) is 0 Å². The van der Waals surface area contributed by atoms with Crippen LogP contribution in [-0.2, 0) is 14.3 Å². The van der Waals surface area contributed by atoms with E-state index >= 15 is 0 Å². The van der Waals surface area contributed by atoms with E-state index in [-0.39, 0.29) is 18.9 Å². The van der Waals surface area contributed by atoms with Gasteiger partial charge in [-0.15, -0.1) is 0 Å². The molecule has 1 saturated heterocycles. The number of carbonyl (C=O) groups excluding carboxylic acids is 2. The number of esters is 1. The molecular formula is C13H12BrNO5. The Kier molecular flexibility index (Phi) is 4.08. The Labute approximate surface area is 123 Å². The molecule has 1 aliphatic rings. The van der Waals surface area contributed by atoms with Crippen LogP contribution in [0.5, 0.6) is 0 Å². The van der Waals surface area contributed by atoms with Gasteiger partial charge in [-0.25, -0.2) is 4.79 Å². The van der Waals surface area contributed by atoms with E-state index in [4.69, 9.17) is 5.11 Å². The fourth-order valence-electron chi connectivity index (χ4n) is 2.08. The highest BCUT2D eigenvalue weighted by Gasteiger charge is 2.35. The first-order valence-electron chi connectivity index (χ1n) is 5.85. The highest BCUT2D eigenvalue weighted by Crippen LogP contribution is 2.32. The lowest BCUT2D eigenvalue weighted by Gasteiger charge is -2.18. The molecule has 0 saturated carbocycles. The van der Waals surface area contributed by atoms with Crippen LogP contribution in [0.2, 0.25) is 0 Å². The third-order valence-corrected chi connectivity index (χ3v) is 3.77. The number of anilines is 1. The van der Waals surface area contributed by atoms with E-state index in [0.717, 1.165) is 0 Å². The van der Waals surface area contributed by atoms with Gasteiger partial charge in [0.05, 0.1) is 24.3 Å². The molecule has 2 rings (SSSR count). The largest absolute Gasteiger partial charge is 0.481 e. The standard InChI is InChI=1S/C13H12BrNO5/c1-20-13(19)7-2-3-10(9(14)4-7)15-6-8(12(17)18)5-11(15)16/h2-4,8H,5-6H2,1H3,(H,17,18). The third kappa shape index (κ3) is 2.67. The molecule has 1 aromatic rings. The first-order chi connectivity index (χ1) is 9.43. The van der Waals surface area contributed by atoms with Gasteiger partial charge in [-0.05, 0) is 34.1 Å². The number of carboxylic acids is 1. The third-order valence-electron chi connectivity index (χ3n) is 3.13. The number of aliphatic carboxylic acids is 1. The van der Waals surface area contributed by atoms with E-state index in [9.17, 15) is 14.4 Å². The van der Waals surface area contributed by atoms with Crippen molar-refractivity contribution in [3.8, 4) is 0 Å². The number of halogens is 1. The number of carboxylic acid groups (broad SMARTS) is 1. The minimum atomic E-state index is -0.983. The molecule has 0 aliphatic carbocycles. The van der Waals surface area contributed by atoms with Gasteiger partial charge in [0.25, 0.3) is 0 Å². The van der Waals surface area contributed by atoms with Crippen molar-refractivity contribution in [1.29, 1.82) is 0 Å². The van der Waals surface area contributed by atoms with Crippen LogP contribution in [-0.4, -0.2) is 36.6 Å². The minimum Gasteiger partial charge on any atom is -0.481 e. The van der Waals surface area contributed by atoms with Crippen LogP contribution in [0.1, 0.15) is 16.8 Å². The summed E-state index contributed by atoms with van der Waals surface area (Å²) in [5.41, 5.74) is 0.899. The summed E-state index contributed by atoms with van der Waals surface area (Å²) in [6.45, 7) is 0.129. The summed E-state index contributed by atoms with van der Waals surface area (Å²) in [5.74, 6) is -2.41. The molecule has 1 unspecified atom stereocenters. The van der Waals surface area contributed by atoms with Crippen molar-refractivity contribution in [3.05, 3.63) is 28.2 Å². The van der Waals surface area contributed by atoms with Crippen LogP contribution in [0.3, 0.4) is 0 Å². The van der Waals surface area contributed by atoms with Crippen molar-refractivity contribution in [1.82, 2.24) is 0 Å². The van der Waals surface area contributed by atoms with Crippen molar-refractivity contribution >= 4 is 39.5 Å². The van der Waals surface area contributed by atoms with Crippen LogP contribution < -0.4 is 4.90 Å². The van der Waals surface area contributed by atoms with Crippen molar-refractivity contribution in [2.24, 2.45) is 5.92 Å². The quantitative estimate of drug-likeness (QED) is 0.845. The van der Waals surface area contributed by atoms with Gasteiger partial charge in [0, 0.05) is 17.4 Å². The monoisotopic (exact) mass is 341 g/mol. The number of rotatable bonds is 3. The number of benzene rings is 1. The molecule has 1 amide bonds. The molecule has 1 atom stereocenters. The zero-order chi connectivity index (χ0) is 14.9. The van der Waals surface area contributed by atoms with Crippen LogP contribution >= 0.6 is 15.9 Å². The Bertz CT molecular complexity index is 586. The van der Waals surface area contributed by atoms with Crippen molar-refractivity contribution in [2.75, 3.05) is 18.6 Å². The smallest absolute Gasteiger partial charge is 0.337 e. The van der Waals surface area contributed by atoms with E-state index < -0.39 is 17.9 Å². The molecule has 1 fully saturated rings. The molecule has 0 aromatic heterocycles. The van der Waals surface area contributed by atoms with E-state index in [1.807, 2.05) is 0 Å². The average molecular weight is 342 g/mol. The maximum atomic E-state index is 11.9. The summed E-state index contributed by atoms with van der Waals surface area (Å²) in [6, 6.07) is 4.67. The molecule has 106 valence electrons. The molecule has 1 aliphatic heterocycles. The molecule has 6 nitrogen and oxygen atoms in total. The lowest BCUT2D eigenvalue weighted by Crippen LogP contribution is -2.26. The van der Waals surface area contributed by atoms with Crippen molar-refractivity contribution in [3.63, 3.8) is 0 Å². The predicted molar refractivity (Wildman–Crippen MR) is 73.6 cm³/mol. The summed E-state index contributed by atoms with van der Waals surface area (Å²) in [6.07, 6.45) is -0.0134. The molecule has 1 heterocycles. The Balaban J connectivity index is 2.28. The van der Waals surface area contributed by atoms with Gasteiger partial charge in [0.15, 0.2) is 0 Å². The Morgan fingerprint density at radius 2 is 2.15 bits per heavy atom. The fraction of sp³-hybridized carbons (Fsp3) is 0.308. The fourth-order valence-corrected chi connectivity index (χ4v) is 2.67. The second-order valence-corrected chi connectivity index (χ2v) is 5.26. The number of hydrogen-bond acceptors (Lipinski definition) is 4. The van der Waals surface area contributed by atoms with Gasteiger partial charge in [-0.1, -0.05) is 0 Å². The van der Waals surface area contributed by atoms with Crippen molar-refractivity contribution < 1.29 is 24.2 Å². The van der Waals surface area contributed by atoms with Gasteiger partial charge in [0.2, 0.25) is 5.91 Å². The van der Waals surface area contributed by atoms with Crippen LogP contribution in [0.25, 0.3) is 0 Å². The van der Waals surface area contributed by atoms with Crippen LogP contribution in [0, 0.1) is 5.92 Å². The van der Waals surface area contributed by atoms with Crippen molar-refractivity contribution in [2.45, 2.75) is 6.42 Å². The lowest BCUT2D eigenvalue weighted by atomic mass is 10.1. The summed E-state index contributed by atoms with van der Waals surface area (Å²) < 4.78 is 5.15. The zero-order valence-electron chi connectivity index (χ0n) is 10.6. The lowest BCUT2D eigenvalue weighted by molar-refractivity contribution is -0.141. The zero-order valence-corrected chi connectivity index (χ0v) is 12.2. The highest BCUT2D eigenvalue weighted by molar-refractivity contribution is 9.10. The average Bonchev–Trinajstić information content (AvgIpc) is 2.80. The van der Waals surface area contributed by atoms with E-state index in [0.29, 0.717) is 15.7 Å². The van der Waals surface area contributed by atoms with Gasteiger partial charge < -0.3 is 14.7 Å². The molecular weight excluding hydrogens is 330 g/mol. The summed E-state index contributed by atoms with van der Waals surface area (Å²) >= 11 is 3.29. The Morgan fingerprint density at radius 3 is 2.65 bits per heavy atom. The number of ether oxygens (including phenoxy) is 1. The second-order valence-electron chi connectivity index (χ2n) is 4.40. The van der Waals surface area contributed by atoms with Gasteiger partial charge in [-0.3, -0.25) is 9.59 Å². The number of methoxy groups -OCH3 is 1. The molecule has 1 aromatic carbocycles. The topological polar surface area (TPSA) is 83.9 Å². The molecule has 0 spiro atoms. The van der Waals surface area contributed by atoms with Gasteiger partial charge in [-0.2, -0.15) is 0 Å². The summed E-state index contributed by atoms with van der Waals surface area (Å²) in [4.78, 5) is 35.6. The summed E-state index contributed by atoms with van der Waals surface area (Å²) in [7, 11) is 1.28. The maximum absolute atomic E-state index is 11.9. The maximum Gasteiger partial charge on any atom is 0.337 e. The molecule has 0 radical (unpaired) electrons. The van der Waals surface area contributed by atoms with Crippen LogP contribution in [0.4, 0.5) is 5.69 Å². The summed E-state index contributed by atoms with van der Waals surface area (Å²) in [5, 5.41) is 8.96. The Morgan fingerprint density at radius 1 is 1.45 bits per heavy atom. The number of amides is 1. The first-order valence-corrected chi connectivity index (χ1v) is 6.64. The Hall–Kier alpha value is -1.89. The predicted octanol–water partition coefficient (Wildman–Crippen LogP) is 1.67. The number of carbonyl (C=O) groups is 3. The van der Waals surface area contributed by atoms with Crippen LogP contribution in [0.15, 0.2) is 22.7 Å². The first kappa shape index (κ1) is 14.5. The SMILES string of the molecule is COC(=O)c1ccc(N2CC(C(=O)O)CC2=O)c(Br)c1. The molecule has 0 bridgehead atoms. The van der Waals surface area contributed by atoms with Gasteiger partial charge >= 0.3 is 11.9 Å².